The summed E-state index contributed by atoms with van der Waals surface area (Å²) in [5, 5.41) is 10.8. The summed E-state index contributed by atoms with van der Waals surface area (Å²) >= 11 is 1.62. The maximum Gasteiger partial charge on any atom is 0.124 e. The average Bonchev–Trinajstić information content (AvgIpc) is 2.86. The van der Waals surface area contributed by atoms with Gasteiger partial charge in [-0.15, -0.1) is 11.3 Å². The van der Waals surface area contributed by atoms with Gasteiger partial charge in [0.25, 0.3) is 0 Å². The van der Waals surface area contributed by atoms with Crippen LogP contribution in [0.3, 0.4) is 0 Å². The predicted octanol–water partition coefficient (Wildman–Crippen LogP) is 3.60. The average molecular weight is 286 g/mol. The summed E-state index contributed by atoms with van der Waals surface area (Å²) in [4.78, 5) is 1.09. The van der Waals surface area contributed by atoms with Gasteiger partial charge in [-0.25, -0.2) is 0 Å². The Kier molecular flexibility index (Phi) is 4.84. The number of benzene rings is 1. The van der Waals surface area contributed by atoms with Crippen LogP contribution in [0.5, 0.6) is 5.75 Å². The highest BCUT2D eigenvalue weighted by Gasteiger charge is 2.07. The van der Waals surface area contributed by atoms with Gasteiger partial charge in [0, 0.05) is 5.56 Å². The van der Waals surface area contributed by atoms with E-state index in [1.165, 1.54) is 16.7 Å². The monoisotopic (exact) mass is 286 g/mol. The molecule has 2 nitrogen and oxygen atoms in total. The Balaban J connectivity index is 2.15. The van der Waals surface area contributed by atoms with Crippen LogP contribution in [0.25, 0.3) is 0 Å². The van der Waals surface area contributed by atoms with Crippen molar-refractivity contribution in [3.8, 4) is 17.6 Å². The molecule has 0 atom stereocenters. The van der Waals surface area contributed by atoms with Crippen LogP contribution in [-0.4, -0.2) is 11.7 Å². The van der Waals surface area contributed by atoms with E-state index in [9.17, 15) is 0 Å². The fourth-order valence-electron chi connectivity index (χ4n) is 1.99. The largest absolute Gasteiger partial charge is 0.488 e. The molecule has 0 saturated carbocycles. The van der Waals surface area contributed by atoms with Crippen molar-refractivity contribution >= 4 is 11.3 Å². The van der Waals surface area contributed by atoms with Crippen LogP contribution >= 0.6 is 11.3 Å². The maximum atomic E-state index is 8.76. The van der Waals surface area contributed by atoms with E-state index in [1.807, 2.05) is 11.4 Å². The molecule has 0 bridgehead atoms. The molecule has 1 N–H and O–H groups in total. The Bertz CT molecular complexity index is 659. The number of ether oxygens (including phenoxy) is 1. The molecule has 0 radical (unpaired) electrons. The van der Waals surface area contributed by atoms with Gasteiger partial charge in [0.05, 0.1) is 4.88 Å². The zero-order chi connectivity index (χ0) is 14.5. The minimum atomic E-state index is -0.119. The number of aryl methyl sites for hydroxylation is 2. The van der Waals surface area contributed by atoms with E-state index in [0.717, 1.165) is 16.2 Å². The lowest BCUT2D eigenvalue weighted by Gasteiger charge is -2.12. The minimum absolute atomic E-state index is 0.119. The van der Waals surface area contributed by atoms with Crippen molar-refractivity contribution in [2.24, 2.45) is 0 Å². The second-order valence-corrected chi connectivity index (χ2v) is 5.71. The van der Waals surface area contributed by atoms with E-state index < -0.39 is 0 Å². The highest BCUT2D eigenvalue weighted by Crippen LogP contribution is 2.25. The highest BCUT2D eigenvalue weighted by molar-refractivity contribution is 7.10. The topological polar surface area (TPSA) is 29.5 Å². The molecule has 0 spiro atoms. The summed E-state index contributed by atoms with van der Waals surface area (Å²) in [6.45, 7) is 6.63. The Hall–Kier alpha value is -1.76. The van der Waals surface area contributed by atoms with Gasteiger partial charge < -0.3 is 9.84 Å². The summed E-state index contributed by atoms with van der Waals surface area (Å²) in [6, 6.07) is 6.18. The number of rotatable bonds is 3. The maximum absolute atomic E-state index is 8.76. The van der Waals surface area contributed by atoms with Crippen LogP contribution in [0, 0.1) is 32.6 Å². The van der Waals surface area contributed by atoms with Crippen LogP contribution in [-0.2, 0) is 6.61 Å². The number of aliphatic hydroxyl groups excluding tert-OH is 1. The smallest absolute Gasteiger partial charge is 0.124 e. The molecule has 20 heavy (non-hydrogen) atoms. The molecule has 1 aromatic carbocycles. The number of hydrogen-bond acceptors (Lipinski definition) is 3. The van der Waals surface area contributed by atoms with Crippen LogP contribution in [0.15, 0.2) is 23.6 Å². The molecular weight excluding hydrogens is 268 g/mol. The van der Waals surface area contributed by atoms with Crippen molar-refractivity contribution in [1.29, 1.82) is 0 Å². The lowest BCUT2D eigenvalue weighted by molar-refractivity contribution is 0.307. The number of thiophene rings is 1. The van der Waals surface area contributed by atoms with Crippen molar-refractivity contribution in [3.05, 3.63) is 50.7 Å². The molecule has 0 unspecified atom stereocenters. The van der Waals surface area contributed by atoms with Crippen LogP contribution in [0.2, 0.25) is 0 Å². The molecule has 0 saturated heterocycles. The van der Waals surface area contributed by atoms with E-state index in [-0.39, 0.29) is 6.61 Å². The highest BCUT2D eigenvalue weighted by atomic mass is 32.1. The van der Waals surface area contributed by atoms with Crippen LogP contribution in [0.1, 0.15) is 27.1 Å². The van der Waals surface area contributed by atoms with Crippen molar-refractivity contribution in [3.63, 3.8) is 0 Å². The van der Waals surface area contributed by atoms with E-state index in [2.05, 4.69) is 44.7 Å². The summed E-state index contributed by atoms with van der Waals surface area (Å²) in [7, 11) is 0. The molecule has 0 fully saturated rings. The molecule has 0 amide bonds. The van der Waals surface area contributed by atoms with Crippen molar-refractivity contribution in [1.82, 2.24) is 0 Å². The van der Waals surface area contributed by atoms with E-state index in [0.29, 0.717) is 6.61 Å². The number of aliphatic hydroxyl groups is 1. The minimum Gasteiger partial charge on any atom is -0.488 e. The van der Waals surface area contributed by atoms with Crippen molar-refractivity contribution in [2.45, 2.75) is 27.4 Å². The zero-order valence-electron chi connectivity index (χ0n) is 12.0. The molecule has 1 aromatic heterocycles. The second-order valence-electron chi connectivity index (χ2n) is 4.71. The molecule has 104 valence electrons. The first-order chi connectivity index (χ1) is 9.61. The standard InChI is InChI=1S/C17H18O2S/c1-12-9-13(2)14(3)16(10-12)19-11-17-15(5-4-7-18)6-8-20-17/h6,8-10,18H,7,11H2,1-3H3. The summed E-state index contributed by atoms with van der Waals surface area (Å²) in [5.41, 5.74) is 4.56. The lowest BCUT2D eigenvalue weighted by atomic mass is 10.1. The van der Waals surface area contributed by atoms with Gasteiger partial charge >= 0.3 is 0 Å². The first-order valence-corrected chi connectivity index (χ1v) is 7.36. The fraction of sp³-hybridized carbons (Fsp3) is 0.294. The predicted molar refractivity (Wildman–Crippen MR) is 83.3 cm³/mol. The van der Waals surface area contributed by atoms with Gasteiger partial charge in [-0.1, -0.05) is 17.9 Å². The van der Waals surface area contributed by atoms with E-state index in [4.69, 9.17) is 9.84 Å². The van der Waals surface area contributed by atoms with E-state index in [1.54, 1.807) is 11.3 Å². The SMILES string of the molecule is Cc1cc(C)c(C)c(OCc2sccc2C#CCO)c1. The molecule has 0 aliphatic rings. The van der Waals surface area contributed by atoms with Crippen LogP contribution < -0.4 is 4.74 Å². The van der Waals surface area contributed by atoms with Crippen molar-refractivity contribution in [2.75, 3.05) is 6.61 Å². The first-order valence-electron chi connectivity index (χ1n) is 6.48. The fourth-order valence-corrected chi connectivity index (χ4v) is 2.73. The van der Waals surface area contributed by atoms with Crippen LogP contribution in [0.4, 0.5) is 0 Å². The molecule has 2 aromatic rings. The van der Waals surface area contributed by atoms with Gasteiger partial charge in [-0.05, 0) is 55.0 Å². The summed E-state index contributed by atoms with van der Waals surface area (Å²) in [5.74, 6) is 6.55. The third-order valence-electron chi connectivity index (χ3n) is 3.17. The quantitative estimate of drug-likeness (QED) is 0.874. The van der Waals surface area contributed by atoms with Gasteiger partial charge in [-0.3, -0.25) is 0 Å². The lowest BCUT2D eigenvalue weighted by Crippen LogP contribution is -1.98. The van der Waals surface area contributed by atoms with Crippen molar-refractivity contribution < 1.29 is 9.84 Å². The Morgan fingerprint density at radius 3 is 2.80 bits per heavy atom. The van der Waals surface area contributed by atoms with Gasteiger partial charge in [-0.2, -0.15) is 0 Å². The Morgan fingerprint density at radius 2 is 2.05 bits per heavy atom. The molecule has 3 heteroatoms. The van der Waals surface area contributed by atoms with Gasteiger partial charge in [0.2, 0.25) is 0 Å². The number of hydrogen-bond donors (Lipinski definition) is 1. The molecule has 2 rings (SSSR count). The molecule has 1 heterocycles. The Morgan fingerprint density at radius 1 is 1.25 bits per heavy atom. The zero-order valence-corrected chi connectivity index (χ0v) is 12.8. The molecule has 0 aliphatic heterocycles. The second kappa shape index (κ2) is 6.60. The van der Waals surface area contributed by atoms with E-state index >= 15 is 0 Å². The Labute approximate surface area is 124 Å². The summed E-state index contributed by atoms with van der Waals surface area (Å²) in [6.07, 6.45) is 0. The van der Waals surface area contributed by atoms with Gasteiger partial charge in [0.15, 0.2) is 0 Å². The first kappa shape index (κ1) is 14.6. The molecule has 0 aliphatic carbocycles. The summed E-state index contributed by atoms with van der Waals surface area (Å²) < 4.78 is 5.94. The van der Waals surface area contributed by atoms with Gasteiger partial charge in [0.1, 0.15) is 19.0 Å². The third-order valence-corrected chi connectivity index (χ3v) is 4.06. The normalized spacial score (nSPS) is 10.0. The molecular formula is C17H18O2S. The third kappa shape index (κ3) is 3.41.